The second kappa shape index (κ2) is 13.7. The fourth-order valence-corrected chi connectivity index (χ4v) is 7.57. The number of hydrogen-bond acceptors (Lipinski definition) is 5. The average molecular weight is 567 g/mol. The van der Waals surface area contributed by atoms with Gasteiger partial charge in [-0.1, -0.05) is 64.0 Å². The van der Waals surface area contributed by atoms with E-state index in [1.165, 1.54) is 25.7 Å². The minimum Gasteiger partial charge on any atom is -0.390 e. The number of hydrogen-bond donors (Lipinski definition) is 3. The van der Waals surface area contributed by atoms with E-state index in [1.54, 1.807) is 0 Å². The Bertz CT molecular complexity index is 1040. The van der Waals surface area contributed by atoms with Gasteiger partial charge in [0.05, 0.1) is 6.10 Å². The van der Waals surface area contributed by atoms with Gasteiger partial charge >= 0.3 is 0 Å². The molecule has 2 saturated carbocycles. The number of nitrogens with one attached hydrogen (secondary N) is 2. The van der Waals surface area contributed by atoms with Crippen molar-refractivity contribution in [2.45, 2.75) is 127 Å². The number of carbonyl (C=O) groups is 3. The normalized spacial score (nSPS) is 25.2. The largest absolute Gasteiger partial charge is 0.390 e. The molecule has 2 saturated heterocycles. The highest BCUT2D eigenvalue weighted by atomic mass is 16.3. The van der Waals surface area contributed by atoms with Crippen LogP contribution in [0.4, 0.5) is 0 Å². The van der Waals surface area contributed by atoms with Crippen molar-refractivity contribution in [3.8, 4) is 0 Å². The molecule has 3 amide bonds. The van der Waals surface area contributed by atoms with E-state index in [9.17, 15) is 19.5 Å². The maximum absolute atomic E-state index is 13.8. The molecule has 2 aliphatic heterocycles. The summed E-state index contributed by atoms with van der Waals surface area (Å²) < 4.78 is 0. The first-order valence-corrected chi connectivity index (χ1v) is 16.3. The first kappa shape index (κ1) is 30.0. The Hall–Kier alpha value is -2.45. The van der Waals surface area contributed by atoms with Gasteiger partial charge in [-0.3, -0.25) is 19.3 Å². The minimum atomic E-state index is -0.841. The number of piperidine rings is 1. The van der Waals surface area contributed by atoms with Crippen molar-refractivity contribution in [2.24, 2.45) is 5.92 Å². The molecule has 0 unspecified atom stereocenters. The molecule has 2 atom stereocenters. The Kier molecular flexibility index (Phi) is 10.0. The van der Waals surface area contributed by atoms with Crippen molar-refractivity contribution >= 4 is 17.7 Å². The predicted molar refractivity (Wildman–Crippen MR) is 159 cm³/mol. The summed E-state index contributed by atoms with van der Waals surface area (Å²) in [6.45, 7) is 4.82. The highest BCUT2D eigenvalue weighted by Crippen LogP contribution is 2.36. The molecule has 1 aromatic carbocycles. The lowest BCUT2D eigenvalue weighted by molar-refractivity contribution is -0.166. The van der Waals surface area contributed by atoms with Crippen LogP contribution in [0.25, 0.3) is 0 Å². The maximum Gasteiger partial charge on any atom is 0.251 e. The predicted octanol–water partition coefficient (Wildman–Crippen LogP) is 4.15. The summed E-state index contributed by atoms with van der Waals surface area (Å²) in [6, 6.07) is 7.35. The molecular formula is C33H50N4O4. The van der Waals surface area contributed by atoms with Crippen molar-refractivity contribution in [3.63, 3.8) is 0 Å². The summed E-state index contributed by atoms with van der Waals surface area (Å²) >= 11 is 0. The minimum absolute atomic E-state index is 0.00965. The summed E-state index contributed by atoms with van der Waals surface area (Å²) in [4.78, 5) is 44.4. The number of piperazine rings is 1. The summed E-state index contributed by atoms with van der Waals surface area (Å²) in [6.07, 6.45) is 13.1. The lowest BCUT2D eigenvalue weighted by Gasteiger charge is -2.52. The number of aliphatic hydroxyl groups is 1. The summed E-state index contributed by atoms with van der Waals surface area (Å²) in [5.41, 5.74) is 0.996. The Labute approximate surface area is 245 Å². The number of nitrogens with zero attached hydrogens (tertiary/aromatic N) is 2. The SMILES string of the molecule is CCCCN1C(=O)[C@@H]([C@H](O)C2CCCCC2)NC(=O)C12CCN(Cc1ccc(C(=O)NC3CCCCC3)cc1)CC2. The molecule has 226 valence electrons. The van der Waals surface area contributed by atoms with Crippen LogP contribution in [0.1, 0.15) is 113 Å². The number of likely N-dealkylation sites (tertiary alicyclic amines) is 1. The molecule has 1 spiro atoms. The number of unbranched alkanes of at least 4 members (excludes halogenated alkanes) is 1. The van der Waals surface area contributed by atoms with Gasteiger partial charge in [-0.2, -0.15) is 0 Å². The fraction of sp³-hybridized carbons (Fsp3) is 0.727. The van der Waals surface area contributed by atoms with Gasteiger partial charge in [0, 0.05) is 37.8 Å². The van der Waals surface area contributed by atoms with Crippen LogP contribution in [0.3, 0.4) is 0 Å². The third-order valence-corrected chi connectivity index (χ3v) is 10.2. The smallest absolute Gasteiger partial charge is 0.251 e. The number of carbonyl (C=O) groups excluding carboxylic acids is 3. The Balaban J connectivity index is 1.19. The second-order valence-electron chi connectivity index (χ2n) is 13.0. The van der Waals surface area contributed by atoms with Crippen LogP contribution in [0.15, 0.2) is 24.3 Å². The third kappa shape index (κ3) is 6.80. The molecule has 4 aliphatic rings. The molecule has 1 aromatic rings. The van der Waals surface area contributed by atoms with E-state index in [4.69, 9.17) is 0 Å². The number of aliphatic hydroxyl groups excluding tert-OH is 1. The van der Waals surface area contributed by atoms with Crippen LogP contribution in [0.2, 0.25) is 0 Å². The van der Waals surface area contributed by atoms with Gasteiger partial charge in [0.25, 0.3) is 5.91 Å². The topological polar surface area (TPSA) is 102 Å². The van der Waals surface area contributed by atoms with Gasteiger partial charge in [0.2, 0.25) is 11.8 Å². The zero-order valence-corrected chi connectivity index (χ0v) is 24.9. The Morgan fingerprint density at radius 3 is 2.27 bits per heavy atom. The first-order chi connectivity index (χ1) is 19.9. The summed E-state index contributed by atoms with van der Waals surface area (Å²) in [5.74, 6) is -0.116. The lowest BCUT2D eigenvalue weighted by atomic mass is 9.78. The van der Waals surface area contributed by atoms with E-state index < -0.39 is 17.7 Å². The molecule has 0 bridgehead atoms. The second-order valence-corrected chi connectivity index (χ2v) is 13.0. The molecule has 41 heavy (non-hydrogen) atoms. The molecule has 0 aromatic heterocycles. The van der Waals surface area contributed by atoms with E-state index in [0.717, 1.165) is 63.5 Å². The first-order valence-electron chi connectivity index (χ1n) is 16.3. The third-order valence-electron chi connectivity index (χ3n) is 10.2. The summed E-state index contributed by atoms with van der Waals surface area (Å²) in [7, 11) is 0. The Morgan fingerprint density at radius 1 is 1.00 bits per heavy atom. The number of amides is 3. The molecule has 0 radical (unpaired) electrons. The van der Waals surface area contributed by atoms with Crippen LogP contribution in [-0.2, 0) is 16.1 Å². The van der Waals surface area contributed by atoms with Crippen LogP contribution in [0.5, 0.6) is 0 Å². The van der Waals surface area contributed by atoms with Crippen LogP contribution in [-0.4, -0.2) is 76.0 Å². The van der Waals surface area contributed by atoms with Crippen molar-refractivity contribution in [1.82, 2.24) is 20.4 Å². The molecule has 8 nitrogen and oxygen atoms in total. The monoisotopic (exact) mass is 566 g/mol. The fourth-order valence-electron chi connectivity index (χ4n) is 7.57. The molecule has 2 aliphatic carbocycles. The lowest BCUT2D eigenvalue weighted by Crippen LogP contribution is -2.75. The van der Waals surface area contributed by atoms with Gasteiger partial charge < -0.3 is 20.6 Å². The van der Waals surface area contributed by atoms with E-state index in [-0.39, 0.29) is 23.6 Å². The molecule has 4 fully saturated rings. The summed E-state index contributed by atoms with van der Waals surface area (Å²) in [5, 5.41) is 17.4. The van der Waals surface area contributed by atoms with E-state index in [0.29, 0.717) is 44.1 Å². The van der Waals surface area contributed by atoms with Gasteiger partial charge in [-0.05, 0) is 68.6 Å². The van der Waals surface area contributed by atoms with Gasteiger partial charge in [-0.25, -0.2) is 0 Å². The zero-order valence-electron chi connectivity index (χ0n) is 24.9. The van der Waals surface area contributed by atoms with Crippen LogP contribution in [0, 0.1) is 5.92 Å². The number of benzene rings is 1. The van der Waals surface area contributed by atoms with Crippen molar-refractivity contribution in [3.05, 3.63) is 35.4 Å². The van der Waals surface area contributed by atoms with E-state index >= 15 is 0 Å². The van der Waals surface area contributed by atoms with Crippen LogP contribution >= 0.6 is 0 Å². The van der Waals surface area contributed by atoms with E-state index in [2.05, 4.69) is 22.5 Å². The van der Waals surface area contributed by atoms with Gasteiger partial charge in [0.15, 0.2) is 0 Å². The quantitative estimate of drug-likeness (QED) is 0.417. The molecule has 3 N–H and O–H groups in total. The molecule has 2 heterocycles. The van der Waals surface area contributed by atoms with Crippen LogP contribution < -0.4 is 10.6 Å². The zero-order chi connectivity index (χ0) is 28.8. The molecular weight excluding hydrogens is 516 g/mol. The average Bonchev–Trinajstić information content (AvgIpc) is 3.01. The standard InChI is InChI=1S/C33H50N4O4/c1-2-3-20-37-31(40)28(29(38)25-10-6-4-7-11-25)35-32(41)33(37)18-21-36(22-19-33)23-24-14-16-26(17-15-24)30(39)34-27-12-8-5-9-13-27/h14-17,25,27-29,38H,2-13,18-23H2,1H3,(H,34,39)(H,35,41)/t28-,29-/m1/s1. The van der Waals surface area contributed by atoms with Crippen molar-refractivity contribution < 1.29 is 19.5 Å². The van der Waals surface area contributed by atoms with Gasteiger partial charge in [0.1, 0.15) is 11.6 Å². The highest BCUT2D eigenvalue weighted by Gasteiger charge is 2.55. The Morgan fingerprint density at radius 2 is 1.63 bits per heavy atom. The maximum atomic E-state index is 13.8. The van der Waals surface area contributed by atoms with Gasteiger partial charge in [-0.15, -0.1) is 0 Å². The van der Waals surface area contributed by atoms with Crippen molar-refractivity contribution in [2.75, 3.05) is 19.6 Å². The van der Waals surface area contributed by atoms with Crippen molar-refractivity contribution in [1.29, 1.82) is 0 Å². The molecule has 8 heteroatoms. The molecule has 5 rings (SSSR count). The number of rotatable bonds is 9. The van der Waals surface area contributed by atoms with E-state index in [1.807, 2.05) is 29.2 Å². The highest BCUT2D eigenvalue weighted by molar-refractivity contribution is 6.00.